The molecule has 6 heteroatoms. The maximum atomic E-state index is 13.9. The molecule has 1 aliphatic rings. The molecule has 2 aromatic carbocycles. The van der Waals surface area contributed by atoms with E-state index < -0.39 is 5.97 Å². The van der Waals surface area contributed by atoms with Crippen LogP contribution in [0.5, 0.6) is 0 Å². The largest absolute Gasteiger partial charge is 0.478 e. The van der Waals surface area contributed by atoms with Crippen molar-refractivity contribution in [2.24, 2.45) is 0 Å². The number of hydrogen-bond donors (Lipinski definition) is 2. The summed E-state index contributed by atoms with van der Waals surface area (Å²) in [4.78, 5) is 17.1. The molecule has 2 N–H and O–H groups in total. The molecular formula is C23H21FN2O2S. The van der Waals surface area contributed by atoms with E-state index in [1.165, 1.54) is 35.2 Å². The van der Waals surface area contributed by atoms with Crippen LogP contribution >= 0.6 is 11.8 Å². The minimum atomic E-state index is -0.922. The van der Waals surface area contributed by atoms with Gasteiger partial charge in [0, 0.05) is 28.2 Å². The minimum absolute atomic E-state index is 0.160. The first-order chi connectivity index (χ1) is 14.1. The highest BCUT2D eigenvalue weighted by Crippen LogP contribution is 2.34. The first-order valence-electron chi connectivity index (χ1n) is 9.56. The smallest absolute Gasteiger partial charge is 0.336 e. The lowest BCUT2D eigenvalue weighted by Crippen LogP contribution is -2.30. The number of pyridine rings is 1. The molecule has 0 amide bonds. The second kappa shape index (κ2) is 8.76. The van der Waals surface area contributed by atoms with E-state index in [2.05, 4.69) is 22.4 Å². The minimum Gasteiger partial charge on any atom is -0.478 e. The average molecular weight is 408 g/mol. The maximum Gasteiger partial charge on any atom is 0.336 e. The van der Waals surface area contributed by atoms with Gasteiger partial charge in [0.05, 0.1) is 5.56 Å². The molecule has 29 heavy (non-hydrogen) atoms. The Morgan fingerprint density at radius 1 is 1.24 bits per heavy atom. The lowest BCUT2D eigenvalue weighted by Gasteiger charge is -2.27. The summed E-state index contributed by atoms with van der Waals surface area (Å²) in [6.07, 6.45) is 5.50. The van der Waals surface area contributed by atoms with Crippen molar-refractivity contribution >= 4 is 17.7 Å². The van der Waals surface area contributed by atoms with Crippen LogP contribution in [0, 0.1) is 5.82 Å². The van der Waals surface area contributed by atoms with Crippen LogP contribution in [0.15, 0.2) is 70.7 Å². The van der Waals surface area contributed by atoms with E-state index in [-0.39, 0.29) is 11.9 Å². The molecule has 0 saturated heterocycles. The summed E-state index contributed by atoms with van der Waals surface area (Å²) in [6, 6.07) is 14.8. The molecule has 2 heterocycles. The maximum absolute atomic E-state index is 13.9. The van der Waals surface area contributed by atoms with Gasteiger partial charge in [0.15, 0.2) is 0 Å². The van der Waals surface area contributed by atoms with Crippen LogP contribution in [-0.2, 0) is 12.8 Å². The Labute approximate surface area is 173 Å². The fourth-order valence-electron chi connectivity index (χ4n) is 3.74. The summed E-state index contributed by atoms with van der Waals surface area (Å²) in [6.45, 7) is 0.865. The van der Waals surface area contributed by atoms with Crippen LogP contribution in [-0.4, -0.2) is 22.6 Å². The van der Waals surface area contributed by atoms with Crippen molar-refractivity contribution in [2.75, 3.05) is 6.54 Å². The molecule has 0 fully saturated rings. The highest BCUT2D eigenvalue weighted by Gasteiger charge is 2.21. The molecule has 0 saturated carbocycles. The number of carboxylic acid groups (broad SMARTS) is 1. The molecule has 0 aliphatic carbocycles. The molecule has 4 nitrogen and oxygen atoms in total. The van der Waals surface area contributed by atoms with E-state index in [9.17, 15) is 14.3 Å². The number of nitrogens with zero attached hydrogens (tertiary/aromatic N) is 1. The Hall–Kier alpha value is -2.70. The number of rotatable bonds is 6. The Morgan fingerprint density at radius 2 is 2.10 bits per heavy atom. The van der Waals surface area contributed by atoms with Gasteiger partial charge in [0.1, 0.15) is 5.82 Å². The third-order valence-corrected chi connectivity index (χ3v) is 6.22. The molecule has 0 spiro atoms. The van der Waals surface area contributed by atoms with E-state index in [1.54, 1.807) is 24.4 Å². The van der Waals surface area contributed by atoms with Crippen molar-refractivity contribution in [1.29, 1.82) is 0 Å². The number of aromatic nitrogens is 1. The summed E-state index contributed by atoms with van der Waals surface area (Å²) in [5.74, 6) is -1.13. The predicted molar refractivity (Wildman–Crippen MR) is 111 cm³/mol. The van der Waals surface area contributed by atoms with E-state index >= 15 is 0 Å². The fraction of sp³-hybridized carbons (Fsp3) is 0.217. The van der Waals surface area contributed by atoms with E-state index in [4.69, 9.17) is 0 Å². The number of fused-ring (bicyclic) bond motifs is 1. The van der Waals surface area contributed by atoms with Crippen LogP contribution in [0.1, 0.15) is 39.5 Å². The van der Waals surface area contributed by atoms with Crippen LogP contribution in [0.4, 0.5) is 4.39 Å². The van der Waals surface area contributed by atoms with Gasteiger partial charge in [0.25, 0.3) is 0 Å². The Bertz CT molecular complexity index is 1040. The SMILES string of the molecule is O=C(O)c1ccncc1CC[C@H]1NCCc2cc(Sc3ccccc3F)ccc21. The van der Waals surface area contributed by atoms with Crippen molar-refractivity contribution in [2.45, 2.75) is 35.1 Å². The topological polar surface area (TPSA) is 62.2 Å². The van der Waals surface area contributed by atoms with Crippen LogP contribution in [0.3, 0.4) is 0 Å². The Balaban J connectivity index is 1.50. The molecule has 1 atom stereocenters. The number of benzene rings is 2. The van der Waals surface area contributed by atoms with Gasteiger partial charge < -0.3 is 10.4 Å². The molecule has 148 valence electrons. The normalized spacial score (nSPS) is 15.7. The highest BCUT2D eigenvalue weighted by molar-refractivity contribution is 7.99. The van der Waals surface area contributed by atoms with E-state index in [0.29, 0.717) is 16.9 Å². The van der Waals surface area contributed by atoms with Crippen molar-refractivity contribution in [1.82, 2.24) is 10.3 Å². The second-order valence-electron chi connectivity index (χ2n) is 7.03. The first kappa shape index (κ1) is 19.6. The summed E-state index contributed by atoms with van der Waals surface area (Å²) in [5.41, 5.74) is 3.56. The Morgan fingerprint density at radius 3 is 2.93 bits per heavy atom. The zero-order valence-electron chi connectivity index (χ0n) is 15.8. The third kappa shape index (κ3) is 4.49. The molecule has 0 radical (unpaired) electrons. The van der Waals surface area contributed by atoms with Gasteiger partial charge in [-0.15, -0.1) is 0 Å². The average Bonchev–Trinajstić information content (AvgIpc) is 2.74. The van der Waals surface area contributed by atoms with Gasteiger partial charge in [0.2, 0.25) is 0 Å². The highest BCUT2D eigenvalue weighted by atomic mass is 32.2. The lowest BCUT2D eigenvalue weighted by atomic mass is 9.90. The van der Waals surface area contributed by atoms with Crippen molar-refractivity contribution in [3.05, 3.63) is 89.0 Å². The number of aromatic carboxylic acids is 1. The first-order valence-corrected chi connectivity index (χ1v) is 10.4. The number of hydrogen-bond acceptors (Lipinski definition) is 4. The van der Waals surface area contributed by atoms with Crippen LogP contribution in [0.25, 0.3) is 0 Å². The molecule has 3 aromatic rings. The zero-order valence-corrected chi connectivity index (χ0v) is 16.6. The lowest BCUT2D eigenvalue weighted by molar-refractivity contribution is 0.0695. The van der Waals surface area contributed by atoms with Gasteiger partial charge >= 0.3 is 5.97 Å². The summed E-state index contributed by atoms with van der Waals surface area (Å²) in [7, 11) is 0. The summed E-state index contributed by atoms with van der Waals surface area (Å²) in [5, 5.41) is 12.9. The van der Waals surface area contributed by atoms with Crippen molar-refractivity contribution in [3.63, 3.8) is 0 Å². The second-order valence-corrected chi connectivity index (χ2v) is 8.14. The van der Waals surface area contributed by atoms with Crippen molar-refractivity contribution in [3.8, 4) is 0 Å². The van der Waals surface area contributed by atoms with Gasteiger partial charge in [-0.05, 0) is 72.8 Å². The number of aryl methyl sites for hydroxylation is 1. The Kier molecular flexibility index (Phi) is 5.92. The molecule has 0 unspecified atom stereocenters. The predicted octanol–water partition coefficient (Wildman–Crippen LogP) is 4.89. The zero-order chi connectivity index (χ0) is 20.2. The molecule has 4 rings (SSSR count). The number of carbonyl (C=O) groups is 1. The van der Waals surface area contributed by atoms with Crippen molar-refractivity contribution < 1.29 is 14.3 Å². The quantitative estimate of drug-likeness (QED) is 0.608. The van der Waals surface area contributed by atoms with Gasteiger partial charge in [-0.1, -0.05) is 30.0 Å². The molecule has 1 aromatic heterocycles. The van der Waals surface area contributed by atoms with Gasteiger partial charge in [-0.3, -0.25) is 4.98 Å². The fourth-order valence-corrected chi connectivity index (χ4v) is 4.64. The number of carboxylic acids is 1. The number of nitrogens with one attached hydrogen (secondary N) is 1. The van der Waals surface area contributed by atoms with Crippen LogP contribution < -0.4 is 5.32 Å². The molecular weight excluding hydrogens is 387 g/mol. The summed E-state index contributed by atoms with van der Waals surface area (Å²) < 4.78 is 13.9. The third-order valence-electron chi connectivity index (χ3n) is 5.18. The standard InChI is InChI=1S/C23H21FN2O2S/c24-20-3-1-2-4-22(20)29-17-6-7-18-15(13-17)9-12-26-21(18)8-5-16-14-25-11-10-19(16)23(27)28/h1-4,6-7,10-11,13-14,21,26H,5,8-9,12H2,(H,27,28)/t21-/m1/s1. The molecule has 1 aliphatic heterocycles. The van der Waals surface area contributed by atoms with Crippen LogP contribution in [0.2, 0.25) is 0 Å². The van der Waals surface area contributed by atoms with E-state index in [1.807, 2.05) is 12.1 Å². The van der Waals surface area contributed by atoms with E-state index in [0.717, 1.165) is 29.8 Å². The molecule has 0 bridgehead atoms. The van der Waals surface area contributed by atoms with Gasteiger partial charge in [-0.2, -0.15) is 0 Å². The number of halogens is 1. The summed E-state index contributed by atoms with van der Waals surface area (Å²) >= 11 is 1.43. The van der Waals surface area contributed by atoms with Gasteiger partial charge in [-0.25, -0.2) is 9.18 Å². The monoisotopic (exact) mass is 408 g/mol.